The Morgan fingerprint density at radius 2 is 2.29 bits per heavy atom. The maximum Gasteiger partial charge on any atom is 0.0451 e. The molecule has 0 bridgehead atoms. The highest BCUT2D eigenvalue weighted by Crippen LogP contribution is 2.27. The van der Waals surface area contributed by atoms with Crippen LogP contribution in [0.3, 0.4) is 0 Å². The molecule has 2 atom stereocenters. The van der Waals surface area contributed by atoms with Gasteiger partial charge in [0.2, 0.25) is 0 Å². The number of nitrogens with one attached hydrogen (secondary N) is 1. The van der Waals surface area contributed by atoms with E-state index in [1.807, 2.05) is 0 Å². The number of anilines is 1. The van der Waals surface area contributed by atoms with Gasteiger partial charge in [-0.3, -0.25) is 0 Å². The lowest BCUT2D eigenvalue weighted by Gasteiger charge is -2.31. The number of thiophene rings is 1. The molecular formula is C11H18N2S. The summed E-state index contributed by atoms with van der Waals surface area (Å²) in [6.07, 6.45) is 5.26. The number of hydrogen-bond acceptors (Lipinski definition) is 3. The highest BCUT2D eigenvalue weighted by molar-refractivity contribution is 7.08. The topological polar surface area (TPSA) is 38.0 Å². The van der Waals surface area contributed by atoms with Crippen LogP contribution in [-0.4, -0.2) is 12.6 Å². The van der Waals surface area contributed by atoms with Gasteiger partial charge in [-0.25, -0.2) is 0 Å². The summed E-state index contributed by atoms with van der Waals surface area (Å²) in [7, 11) is 0. The second-order valence-electron chi connectivity index (χ2n) is 4.04. The molecule has 1 aromatic heterocycles. The monoisotopic (exact) mass is 210 g/mol. The highest BCUT2D eigenvalue weighted by atomic mass is 32.1. The third kappa shape index (κ3) is 2.28. The second kappa shape index (κ2) is 4.80. The van der Waals surface area contributed by atoms with Crippen LogP contribution in [0, 0.1) is 5.92 Å². The summed E-state index contributed by atoms with van der Waals surface area (Å²) in [4.78, 5) is 0. The molecule has 0 amide bonds. The zero-order chi connectivity index (χ0) is 9.80. The van der Waals surface area contributed by atoms with E-state index in [4.69, 9.17) is 5.73 Å². The quantitative estimate of drug-likeness (QED) is 0.805. The molecule has 0 spiro atoms. The van der Waals surface area contributed by atoms with E-state index in [2.05, 4.69) is 22.1 Å². The van der Waals surface area contributed by atoms with Crippen LogP contribution in [0.5, 0.6) is 0 Å². The second-order valence-corrected chi connectivity index (χ2v) is 4.82. The fourth-order valence-corrected chi connectivity index (χ4v) is 2.84. The standard InChI is InChI=1S/C11H18N2S/c12-7-9-3-1-2-4-11(9)13-10-5-6-14-8-10/h5-6,8-9,11,13H,1-4,7,12H2. The Hall–Kier alpha value is -0.540. The van der Waals surface area contributed by atoms with E-state index in [-0.39, 0.29) is 0 Å². The first-order valence-electron chi connectivity index (χ1n) is 5.39. The van der Waals surface area contributed by atoms with Crippen LogP contribution in [0.25, 0.3) is 0 Å². The van der Waals surface area contributed by atoms with Crippen molar-refractivity contribution in [2.24, 2.45) is 11.7 Å². The van der Waals surface area contributed by atoms with E-state index in [1.54, 1.807) is 11.3 Å². The average molecular weight is 210 g/mol. The Morgan fingerprint density at radius 3 is 3.00 bits per heavy atom. The van der Waals surface area contributed by atoms with E-state index in [1.165, 1.54) is 31.4 Å². The van der Waals surface area contributed by atoms with Crippen molar-refractivity contribution in [1.29, 1.82) is 0 Å². The fourth-order valence-electron chi connectivity index (χ4n) is 2.24. The molecule has 1 aliphatic rings. The molecule has 0 saturated heterocycles. The lowest BCUT2D eigenvalue weighted by molar-refractivity contribution is 0.333. The van der Waals surface area contributed by atoms with Crippen molar-refractivity contribution in [3.8, 4) is 0 Å². The first-order chi connectivity index (χ1) is 6.90. The van der Waals surface area contributed by atoms with Gasteiger partial charge in [0.15, 0.2) is 0 Å². The van der Waals surface area contributed by atoms with Crippen molar-refractivity contribution in [3.05, 3.63) is 16.8 Å². The van der Waals surface area contributed by atoms with Crippen molar-refractivity contribution in [2.45, 2.75) is 31.7 Å². The van der Waals surface area contributed by atoms with Gasteiger partial charge < -0.3 is 11.1 Å². The van der Waals surface area contributed by atoms with Gasteiger partial charge >= 0.3 is 0 Å². The zero-order valence-corrected chi connectivity index (χ0v) is 9.22. The molecule has 2 unspecified atom stereocenters. The third-order valence-electron chi connectivity index (χ3n) is 3.09. The summed E-state index contributed by atoms with van der Waals surface area (Å²) in [5, 5.41) is 7.87. The Kier molecular flexibility index (Phi) is 3.43. The summed E-state index contributed by atoms with van der Waals surface area (Å²) in [5.41, 5.74) is 7.05. The molecule has 0 radical (unpaired) electrons. The predicted octanol–water partition coefficient (Wildman–Crippen LogP) is 2.68. The van der Waals surface area contributed by atoms with Crippen molar-refractivity contribution in [2.75, 3.05) is 11.9 Å². The SMILES string of the molecule is NCC1CCCCC1Nc1ccsc1. The van der Waals surface area contributed by atoms with Gasteiger partial charge in [0.1, 0.15) is 0 Å². The molecule has 1 aliphatic carbocycles. The number of hydrogen-bond donors (Lipinski definition) is 2. The number of rotatable bonds is 3. The number of nitrogens with two attached hydrogens (primary N) is 1. The van der Waals surface area contributed by atoms with E-state index in [0.29, 0.717) is 12.0 Å². The van der Waals surface area contributed by atoms with Crippen LogP contribution in [-0.2, 0) is 0 Å². The van der Waals surface area contributed by atoms with Gasteiger partial charge in [-0.1, -0.05) is 12.8 Å². The molecule has 1 fully saturated rings. The summed E-state index contributed by atoms with van der Waals surface area (Å²) in [6.45, 7) is 0.821. The van der Waals surface area contributed by atoms with Crippen LogP contribution < -0.4 is 11.1 Å². The Labute approximate surface area is 89.5 Å². The Balaban J connectivity index is 1.94. The van der Waals surface area contributed by atoms with Crippen LogP contribution in [0.15, 0.2) is 16.8 Å². The third-order valence-corrected chi connectivity index (χ3v) is 3.77. The molecule has 0 aliphatic heterocycles. The van der Waals surface area contributed by atoms with Crippen LogP contribution in [0.4, 0.5) is 5.69 Å². The molecule has 0 aromatic carbocycles. The minimum absolute atomic E-state index is 0.600. The zero-order valence-electron chi connectivity index (χ0n) is 8.41. The van der Waals surface area contributed by atoms with Crippen LogP contribution >= 0.6 is 11.3 Å². The Morgan fingerprint density at radius 1 is 1.43 bits per heavy atom. The lowest BCUT2D eigenvalue weighted by Crippen LogP contribution is -2.36. The predicted molar refractivity (Wildman–Crippen MR) is 62.7 cm³/mol. The van der Waals surface area contributed by atoms with E-state index < -0.39 is 0 Å². The van der Waals surface area contributed by atoms with Gasteiger partial charge in [0, 0.05) is 17.1 Å². The Bertz CT molecular complexity index is 258. The molecule has 3 N–H and O–H groups in total. The summed E-state index contributed by atoms with van der Waals surface area (Å²) >= 11 is 1.74. The van der Waals surface area contributed by atoms with Crippen LogP contribution in [0.1, 0.15) is 25.7 Å². The molecule has 78 valence electrons. The molecular weight excluding hydrogens is 192 g/mol. The maximum absolute atomic E-state index is 5.79. The van der Waals surface area contributed by atoms with E-state index >= 15 is 0 Å². The van der Waals surface area contributed by atoms with Crippen molar-refractivity contribution in [3.63, 3.8) is 0 Å². The van der Waals surface area contributed by atoms with Crippen molar-refractivity contribution < 1.29 is 0 Å². The van der Waals surface area contributed by atoms with Crippen LogP contribution in [0.2, 0.25) is 0 Å². The molecule has 2 nitrogen and oxygen atoms in total. The highest BCUT2D eigenvalue weighted by Gasteiger charge is 2.23. The molecule has 1 saturated carbocycles. The van der Waals surface area contributed by atoms with E-state index in [9.17, 15) is 0 Å². The molecule has 14 heavy (non-hydrogen) atoms. The first kappa shape index (κ1) is 9.99. The van der Waals surface area contributed by atoms with Gasteiger partial charge in [0.05, 0.1) is 0 Å². The summed E-state index contributed by atoms with van der Waals surface area (Å²) in [6, 6.07) is 2.75. The maximum atomic E-state index is 5.79. The smallest absolute Gasteiger partial charge is 0.0451 e. The van der Waals surface area contributed by atoms with Gasteiger partial charge in [-0.15, -0.1) is 0 Å². The fraction of sp³-hybridized carbons (Fsp3) is 0.636. The largest absolute Gasteiger partial charge is 0.381 e. The average Bonchev–Trinajstić information content (AvgIpc) is 2.71. The summed E-state index contributed by atoms with van der Waals surface area (Å²) < 4.78 is 0. The van der Waals surface area contributed by atoms with Crippen molar-refractivity contribution >= 4 is 17.0 Å². The van der Waals surface area contributed by atoms with E-state index in [0.717, 1.165) is 6.54 Å². The normalized spacial score (nSPS) is 27.5. The van der Waals surface area contributed by atoms with Crippen molar-refractivity contribution in [1.82, 2.24) is 0 Å². The first-order valence-corrected chi connectivity index (χ1v) is 6.33. The molecule has 2 rings (SSSR count). The van der Waals surface area contributed by atoms with Gasteiger partial charge in [-0.05, 0) is 36.8 Å². The molecule has 1 heterocycles. The minimum Gasteiger partial charge on any atom is -0.381 e. The lowest BCUT2D eigenvalue weighted by atomic mass is 9.84. The minimum atomic E-state index is 0.600. The molecule has 1 aromatic rings. The molecule has 3 heteroatoms. The van der Waals surface area contributed by atoms with Gasteiger partial charge in [0.25, 0.3) is 0 Å². The summed E-state index contributed by atoms with van der Waals surface area (Å²) in [5.74, 6) is 0.670. The van der Waals surface area contributed by atoms with Gasteiger partial charge in [-0.2, -0.15) is 11.3 Å².